The van der Waals surface area contributed by atoms with Crippen LogP contribution in [0.5, 0.6) is 5.75 Å². The maximum atomic E-state index is 9.24. The maximum Gasteiger partial charge on any atom is 0.115 e. The molecule has 0 amide bonds. The van der Waals surface area contributed by atoms with Crippen molar-refractivity contribution in [3.63, 3.8) is 0 Å². The number of aromatic hydroxyl groups is 1. The van der Waals surface area contributed by atoms with E-state index >= 15 is 0 Å². The van der Waals surface area contributed by atoms with Gasteiger partial charge < -0.3 is 10.2 Å². The van der Waals surface area contributed by atoms with E-state index in [0.29, 0.717) is 18.3 Å². The lowest BCUT2D eigenvalue weighted by Gasteiger charge is -2.28. The predicted molar refractivity (Wildman–Crippen MR) is 64.5 cm³/mol. The first-order valence-electron chi connectivity index (χ1n) is 6.19. The van der Waals surface area contributed by atoms with Crippen LogP contribution in [0.15, 0.2) is 24.3 Å². The van der Waals surface area contributed by atoms with Crippen LogP contribution in [0, 0.1) is 5.92 Å². The van der Waals surface area contributed by atoms with Gasteiger partial charge in [-0.05, 0) is 61.6 Å². The molecule has 0 bridgehead atoms. The van der Waals surface area contributed by atoms with E-state index in [0.717, 1.165) is 12.3 Å². The van der Waals surface area contributed by atoms with Gasteiger partial charge in [0, 0.05) is 6.61 Å². The fourth-order valence-corrected chi connectivity index (χ4v) is 2.71. The molecule has 2 rings (SSSR count). The van der Waals surface area contributed by atoms with Gasteiger partial charge in [0.25, 0.3) is 0 Å². The molecular formula is C14H20O2. The molecule has 0 heterocycles. The molecule has 0 atom stereocenters. The highest BCUT2D eigenvalue weighted by atomic mass is 16.3. The highest BCUT2D eigenvalue weighted by Crippen LogP contribution is 2.37. The first kappa shape index (κ1) is 11.5. The van der Waals surface area contributed by atoms with Crippen LogP contribution in [0.1, 0.15) is 43.6 Å². The highest BCUT2D eigenvalue weighted by Gasteiger charge is 2.21. The van der Waals surface area contributed by atoms with E-state index < -0.39 is 0 Å². The molecule has 0 saturated heterocycles. The van der Waals surface area contributed by atoms with E-state index in [2.05, 4.69) is 0 Å². The summed E-state index contributed by atoms with van der Waals surface area (Å²) in [5, 5.41) is 18.1. The number of phenolic OH excluding ortho intramolecular Hbond substituents is 1. The van der Waals surface area contributed by atoms with E-state index in [1.54, 1.807) is 12.1 Å². The van der Waals surface area contributed by atoms with Gasteiger partial charge in [-0.15, -0.1) is 0 Å². The van der Waals surface area contributed by atoms with Crippen LogP contribution in [0.2, 0.25) is 0 Å². The van der Waals surface area contributed by atoms with Gasteiger partial charge in [-0.25, -0.2) is 0 Å². The van der Waals surface area contributed by atoms with Crippen molar-refractivity contribution in [1.29, 1.82) is 0 Å². The Bertz CT molecular complexity index is 310. The quantitative estimate of drug-likeness (QED) is 0.822. The van der Waals surface area contributed by atoms with Crippen LogP contribution in [-0.4, -0.2) is 16.8 Å². The summed E-state index contributed by atoms with van der Waals surface area (Å²) in [6.07, 6.45) is 5.85. The van der Waals surface area contributed by atoms with Crippen molar-refractivity contribution in [2.75, 3.05) is 6.61 Å². The number of aliphatic hydroxyl groups is 1. The molecular weight excluding hydrogens is 200 g/mol. The highest BCUT2D eigenvalue weighted by molar-refractivity contribution is 5.28. The van der Waals surface area contributed by atoms with E-state index in [4.69, 9.17) is 5.11 Å². The summed E-state index contributed by atoms with van der Waals surface area (Å²) in [4.78, 5) is 0. The molecule has 1 aromatic carbocycles. The number of rotatable bonds is 3. The minimum atomic E-state index is 0.328. The Morgan fingerprint density at radius 2 is 1.62 bits per heavy atom. The summed E-state index contributed by atoms with van der Waals surface area (Å²) in [7, 11) is 0. The molecule has 88 valence electrons. The van der Waals surface area contributed by atoms with Crippen molar-refractivity contribution < 1.29 is 10.2 Å². The first-order valence-corrected chi connectivity index (χ1v) is 6.19. The summed E-state index contributed by atoms with van der Waals surface area (Å²) >= 11 is 0. The van der Waals surface area contributed by atoms with Crippen molar-refractivity contribution in [2.45, 2.75) is 38.0 Å². The molecule has 1 aliphatic rings. The lowest BCUT2D eigenvalue weighted by atomic mass is 9.78. The predicted octanol–water partition coefficient (Wildman–Crippen LogP) is 3.05. The number of hydrogen-bond acceptors (Lipinski definition) is 2. The minimum absolute atomic E-state index is 0.328. The standard InChI is InChI=1S/C14H20O2/c15-10-9-11-1-3-12(4-2-11)13-5-7-14(16)8-6-13/h5-8,11-12,15-16H,1-4,9-10H2. The van der Waals surface area contributed by atoms with Gasteiger partial charge >= 0.3 is 0 Å². The van der Waals surface area contributed by atoms with Crippen LogP contribution >= 0.6 is 0 Å². The third-order valence-corrected chi connectivity index (χ3v) is 3.75. The number of benzene rings is 1. The molecule has 2 nitrogen and oxygen atoms in total. The molecule has 1 aromatic rings. The minimum Gasteiger partial charge on any atom is -0.508 e. The van der Waals surface area contributed by atoms with E-state index in [1.807, 2.05) is 12.1 Å². The van der Waals surface area contributed by atoms with Crippen LogP contribution in [-0.2, 0) is 0 Å². The maximum absolute atomic E-state index is 9.24. The first-order chi connectivity index (χ1) is 7.79. The average molecular weight is 220 g/mol. The van der Waals surface area contributed by atoms with Gasteiger partial charge in [-0.1, -0.05) is 12.1 Å². The Labute approximate surface area is 96.9 Å². The van der Waals surface area contributed by atoms with Crippen molar-refractivity contribution >= 4 is 0 Å². The largest absolute Gasteiger partial charge is 0.508 e. The van der Waals surface area contributed by atoms with E-state index in [-0.39, 0.29) is 0 Å². The van der Waals surface area contributed by atoms with Gasteiger partial charge in [-0.2, -0.15) is 0 Å². The third-order valence-electron chi connectivity index (χ3n) is 3.75. The second-order valence-corrected chi connectivity index (χ2v) is 4.82. The summed E-state index contributed by atoms with van der Waals surface area (Å²) in [6.45, 7) is 0.328. The molecule has 16 heavy (non-hydrogen) atoms. The van der Waals surface area contributed by atoms with Gasteiger partial charge in [0.05, 0.1) is 0 Å². The molecule has 0 spiro atoms. The van der Waals surface area contributed by atoms with Gasteiger partial charge in [-0.3, -0.25) is 0 Å². The molecule has 0 unspecified atom stereocenters. The fraction of sp³-hybridized carbons (Fsp3) is 0.571. The Hall–Kier alpha value is -1.02. The topological polar surface area (TPSA) is 40.5 Å². The smallest absolute Gasteiger partial charge is 0.115 e. The average Bonchev–Trinajstić information content (AvgIpc) is 2.32. The van der Waals surface area contributed by atoms with Crippen molar-refractivity contribution in [1.82, 2.24) is 0 Å². The van der Waals surface area contributed by atoms with Crippen LogP contribution < -0.4 is 0 Å². The van der Waals surface area contributed by atoms with Crippen LogP contribution in [0.3, 0.4) is 0 Å². The molecule has 1 fully saturated rings. The summed E-state index contributed by atoms with van der Waals surface area (Å²) < 4.78 is 0. The van der Waals surface area contributed by atoms with Crippen molar-refractivity contribution in [3.8, 4) is 5.75 Å². The van der Waals surface area contributed by atoms with Gasteiger partial charge in [0.2, 0.25) is 0 Å². The lowest BCUT2D eigenvalue weighted by molar-refractivity contribution is 0.222. The molecule has 2 N–H and O–H groups in total. The zero-order valence-electron chi connectivity index (χ0n) is 9.60. The molecule has 2 heteroatoms. The molecule has 0 radical (unpaired) electrons. The van der Waals surface area contributed by atoms with Crippen molar-refractivity contribution in [2.24, 2.45) is 5.92 Å². The Kier molecular flexibility index (Phi) is 3.83. The molecule has 0 aromatic heterocycles. The molecule has 1 aliphatic carbocycles. The van der Waals surface area contributed by atoms with Crippen LogP contribution in [0.4, 0.5) is 0 Å². The van der Waals surface area contributed by atoms with Gasteiger partial charge in [0.15, 0.2) is 0 Å². The van der Waals surface area contributed by atoms with E-state index in [1.165, 1.54) is 31.2 Å². The molecule has 0 aliphatic heterocycles. The summed E-state index contributed by atoms with van der Waals surface area (Å²) in [5.41, 5.74) is 1.35. The third kappa shape index (κ3) is 2.76. The normalized spacial score (nSPS) is 25.6. The Morgan fingerprint density at radius 1 is 1.00 bits per heavy atom. The molecule has 1 saturated carbocycles. The van der Waals surface area contributed by atoms with Gasteiger partial charge in [0.1, 0.15) is 5.75 Å². The van der Waals surface area contributed by atoms with Crippen LogP contribution in [0.25, 0.3) is 0 Å². The fourth-order valence-electron chi connectivity index (χ4n) is 2.71. The number of aliphatic hydroxyl groups excluding tert-OH is 1. The zero-order valence-corrected chi connectivity index (χ0v) is 9.60. The monoisotopic (exact) mass is 220 g/mol. The lowest BCUT2D eigenvalue weighted by Crippen LogP contribution is -2.14. The second kappa shape index (κ2) is 5.35. The SMILES string of the molecule is OCCC1CCC(c2ccc(O)cc2)CC1. The summed E-state index contributed by atoms with van der Waals surface area (Å²) in [6, 6.07) is 7.61. The van der Waals surface area contributed by atoms with E-state index in [9.17, 15) is 5.11 Å². The Morgan fingerprint density at radius 3 is 2.19 bits per heavy atom. The number of phenols is 1. The summed E-state index contributed by atoms with van der Waals surface area (Å²) in [5.74, 6) is 1.71. The number of hydrogen-bond donors (Lipinski definition) is 2. The zero-order chi connectivity index (χ0) is 11.4. The second-order valence-electron chi connectivity index (χ2n) is 4.82. The Balaban J connectivity index is 1.91. The van der Waals surface area contributed by atoms with Crippen molar-refractivity contribution in [3.05, 3.63) is 29.8 Å².